The van der Waals surface area contributed by atoms with Crippen molar-refractivity contribution in [1.82, 2.24) is 9.88 Å². The van der Waals surface area contributed by atoms with Gasteiger partial charge in [-0.25, -0.2) is 4.98 Å². The molecule has 2 rings (SSSR count). The van der Waals surface area contributed by atoms with Crippen LogP contribution in [0.3, 0.4) is 0 Å². The van der Waals surface area contributed by atoms with Gasteiger partial charge in [0.15, 0.2) is 0 Å². The molecule has 1 aromatic heterocycles. The van der Waals surface area contributed by atoms with Crippen LogP contribution in [0.15, 0.2) is 11.6 Å². The van der Waals surface area contributed by atoms with Gasteiger partial charge in [0.05, 0.1) is 18.8 Å². The van der Waals surface area contributed by atoms with Crippen LogP contribution >= 0.6 is 11.3 Å². The molecule has 0 amide bonds. The molecule has 1 saturated heterocycles. The normalized spacial score (nSPS) is 27.5. The van der Waals surface area contributed by atoms with Gasteiger partial charge in [-0.1, -0.05) is 0 Å². The summed E-state index contributed by atoms with van der Waals surface area (Å²) >= 11 is 1.68. The van der Waals surface area contributed by atoms with Crippen LogP contribution in [0.5, 0.6) is 0 Å². The molecule has 2 N–H and O–H groups in total. The minimum Gasteiger partial charge on any atom is -0.373 e. The molecule has 0 radical (unpaired) electrons. The summed E-state index contributed by atoms with van der Waals surface area (Å²) in [5, 5.41) is 3.12. The highest BCUT2D eigenvalue weighted by Crippen LogP contribution is 2.31. The molecule has 1 aromatic rings. The lowest BCUT2D eigenvalue weighted by atomic mass is 10.1. The van der Waals surface area contributed by atoms with Crippen LogP contribution in [0, 0.1) is 0 Å². The molecule has 5 heteroatoms. The van der Waals surface area contributed by atoms with E-state index in [9.17, 15) is 0 Å². The van der Waals surface area contributed by atoms with Gasteiger partial charge in [0.25, 0.3) is 0 Å². The van der Waals surface area contributed by atoms with Crippen LogP contribution in [0.25, 0.3) is 0 Å². The van der Waals surface area contributed by atoms with Crippen molar-refractivity contribution < 1.29 is 4.74 Å². The lowest BCUT2D eigenvalue weighted by Crippen LogP contribution is -2.50. The van der Waals surface area contributed by atoms with Gasteiger partial charge in [0.1, 0.15) is 5.01 Å². The average Bonchev–Trinajstić information content (AvgIpc) is 2.81. The smallest absolute Gasteiger partial charge is 0.112 e. The summed E-state index contributed by atoms with van der Waals surface area (Å²) in [5.41, 5.74) is 5.79. The maximum Gasteiger partial charge on any atom is 0.112 e. The van der Waals surface area contributed by atoms with Gasteiger partial charge in [-0.3, -0.25) is 4.90 Å². The number of nitrogens with zero attached hydrogens (tertiary/aromatic N) is 2. The molecule has 1 fully saturated rings. The molecule has 1 aliphatic heterocycles. The highest BCUT2D eigenvalue weighted by molar-refractivity contribution is 7.09. The van der Waals surface area contributed by atoms with E-state index >= 15 is 0 Å². The minimum absolute atomic E-state index is 0.0716. The molecule has 2 heterocycles. The zero-order valence-corrected chi connectivity index (χ0v) is 10.6. The molecule has 0 aliphatic carbocycles. The van der Waals surface area contributed by atoms with Crippen molar-refractivity contribution in [1.29, 1.82) is 0 Å². The molecule has 90 valence electrons. The Balaban J connectivity index is 2.24. The third kappa shape index (κ3) is 2.27. The van der Waals surface area contributed by atoms with Gasteiger partial charge in [0, 0.05) is 30.7 Å². The average molecular weight is 241 g/mol. The minimum atomic E-state index is 0.0716. The van der Waals surface area contributed by atoms with Crippen LogP contribution in [0.2, 0.25) is 0 Å². The fourth-order valence-corrected chi connectivity index (χ4v) is 3.02. The van der Waals surface area contributed by atoms with Gasteiger partial charge in [0.2, 0.25) is 0 Å². The number of aromatic nitrogens is 1. The van der Waals surface area contributed by atoms with Crippen LogP contribution in [-0.2, 0) is 4.74 Å². The van der Waals surface area contributed by atoms with Crippen molar-refractivity contribution in [2.75, 3.05) is 19.7 Å². The Kier molecular flexibility index (Phi) is 3.91. The van der Waals surface area contributed by atoms with E-state index in [4.69, 9.17) is 10.5 Å². The van der Waals surface area contributed by atoms with Crippen LogP contribution in [0.1, 0.15) is 24.9 Å². The first-order chi connectivity index (χ1) is 7.74. The Labute approximate surface area is 100 Å². The molecule has 0 spiro atoms. The molecular formula is C11H19N3OS. The number of hydrogen-bond donors (Lipinski definition) is 1. The van der Waals surface area contributed by atoms with Gasteiger partial charge in [-0.15, -0.1) is 11.3 Å². The molecule has 2 unspecified atom stereocenters. The van der Waals surface area contributed by atoms with E-state index in [1.165, 1.54) is 0 Å². The van der Waals surface area contributed by atoms with E-state index in [1.54, 1.807) is 11.3 Å². The van der Waals surface area contributed by atoms with E-state index < -0.39 is 0 Å². The Morgan fingerprint density at radius 2 is 2.50 bits per heavy atom. The summed E-state index contributed by atoms with van der Waals surface area (Å²) < 4.78 is 5.74. The second kappa shape index (κ2) is 5.23. The van der Waals surface area contributed by atoms with Gasteiger partial charge < -0.3 is 10.5 Å². The van der Waals surface area contributed by atoms with E-state index in [2.05, 4.69) is 23.7 Å². The van der Waals surface area contributed by atoms with Gasteiger partial charge in [-0.2, -0.15) is 0 Å². The quantitative estimate of drug-likeness (QED) is 0.865. The van der Waals surface area contributed by atoms with Gasteiger partial charge in [-0.05, 0) is 13.8 Å². The second-order valence-electron chi connectivity index (χ2n) is 4.29. The monoisotopic (exact) mass is 241 g/mol. The SMILES string of the molecule is CC(C)N1CCOC(CN)C1c1nccs1. The summed E-state index contributed by atoms with van der Waals surface area (Å²) in [4.78, 5) is 6.84. The Morgan fingerprint density at radius 1 is 1.69 bits per heavy atom. The summed E-state index contributed by atoms with van der Waals surface area (Å²) in [6.45, 7) is 6.69. The van der Waals surface area contributed by atoms with Crippen molar-refractivity contribution in [3.8, 4) is 0 Å². The van der Waals surface area contributed by atoms with E-state index in [0.29, 0.717) is 12.6 Å². The Morgan fingerprint density at radius 3 is 3.06 bits per heavy atom. The van der Waals surface area contributed by atoms with Crippen molar-refractivity contribution in [3.05, 3.63) is 16.6 Å². The zero-order chi connectivity index (χ0) is 11.5. The first kappa shape index (κ1) is 12.0. The lowest BCUT2D eigenvalue weighted by molar-refractivity contribution is -0.0789. The Hall–Kier alpha value is -0.490. The number of ether oxygens (including phenoxy) is 1. The molecule has 16 heavy (non-hydrogen) atoms. The van der Waals surface area contributed by atoms with Crippen LogP contribution in [-0.4, -0.2) is 41.7 Å². The maximum atomic E-state index is 5.79. The van der Waals surface area contributed by atoms with Gasteiger partial charge >= 0.3 is 0 Å². The van der Waals surface area contributed by atoms with E-state index in [-0.39, 0.29) is 12.1 Å². The topological polar surface area (TPSA) is 51.4 Å². The highest BCUT2D eigenvalue weighted by atomic mass is 32.1. The third-order valence-corrected chi connectivity index (χ3v) is 3.84. The lowest BCUT2D eigenvalue weighted by Gasteiger charge is -2.42. The number of thiazole rings is 1. The van der Waals surface area contributed by atoms with Crippen molar-refractivity contribution in [2.24, 2.45) is 5.73 Å². The van der Waals surface area contributed by atoms with Crippen LogP contribution < -0.4 is 5.73 Å². The number of hydrogen-bond acceptors (Lipinski definition) is 5. The molecule has 4 nitrogen and oxygen atoms in total. The van der Waals surface area contributed by atoms with E-state index in [0.717, 1.165) is 18.2 Å². The highest BCUT2D eigenvalue weighted by Gasteiger charge is 2.35. The van der Waals surface area contributed by atoms with E-state index in [1.807, 2.05) is 11.6 Å². The summed E-state index contributed by atoms with van der Waals surface area (Å²) in [7, 11) is 0. The summed E-state index contributed by atoms with van der Waals surface area (Å²) in [5.74, 6) is 0. The first-order valence-corrected chi connectivity index (χ1v) is 6.58. The van der Waals surface area contributed by atoms with Crippen LogP contribution in [0.4, 0.5) is 0 Å². The predicted octanol–water partition coefficient (Wildman–Crippen LogP) is 1.25. The second-order valence-corrected chi connectivity index (χ2v) is 5.22. The predicted molar refractivity (Wildman–Crippen MR) is 65.5 cm³/mol. The molecule has 2 atom stereocenters. The number of rotatable bonds is 3. The van der Waals surface area contributed by atoms with Crippen molar-refractivity contribution in [2.45, 2.75) is 32.0 Å². The molecular weight excluding hydrogens is 222 g/mol. The fraction of sp³-hybridized carbons (Fsp3) is 0.727. The number of nitrogens with two attached hydrogens (primary N) is 1. The molecule has 0 bridgehead atoms. The maximum absolute atomic E-state index is 5.79. The zero-order valence-electron chi connectivity index (χ0n) is 9.80. The molecule has 0 saturated carbocycles. The molecule has 0 aromatic carbocycles. The third-order valence-electron chi connectivity index (χ3n) is 2.99. The number of morpholine rings is 1. The standard InChI is InChI=1S/C11H19N3OS/c1-8(2)14-4-5-15-9(7-12)10(14)11-13-3-6-16-11/h3,6,8-10H,4-5,7,12H2,1-2H3. The summed E-state index contributed by atoms with van der Waals surface area (Å²) in [6, 6.07) is 0.714. The van der Waals surface area contributed by atoms with Crippen molar-refractivity contribution >= 4 is 11.3 Å². The summed E-state index contributed by atoms with van der Waals surface area (Å²) in [6.07, 6.45) is 1.92. The Bertz CT molecular complexity index is 315. The van der Waals surface area contributed by atoms with Crippen molar-refractivity contribution in [3.63, 3.8) is 0 Å². The first-order valence-electron chi connectivity index (χ1n) is 5.71. The largest absolute Gasteiger partial charge is 0.373 e. The fourth-order valence-electron chi connectivity index (χ4n) is 2.21. The molecule has 1 aliphatic rings.